The van der Waals surface area contributed by atoms with Crippen molar-refractivity contribution in [2.75, 3.05) is 30.4 Å². The summed E-state index contributed by atoms with van der Waals surface area (Å²) in [5.74, 6) is 0.752. The van der Waals surface area contributed by atoms with E-state index in [9.17, 15) is 14.9 Å². The molecule has 0 saturated carbocycles. The molecular formula is C25H22N4O5. The van der Waals surface area contributed by atoms with Gasteiger partial charge in [-0.2, -0.15) is 0 Å². The van der Waals surface area contributed by atoms with E-state index in [2.05, 4.69) is 10.3 Å². The van der Waals surface area contributed by atoms with Gasteiger partial charge in [0.25, 0.3) is 11.6 Å². The molecule has 1 N–H and O–H groups in total. The summed E-state index contributed by atoms with van der Waals surface area (Å²) in [6.07, 6.45) is 2.01. The molecule has 0 unspecified atom stereocenters. The highest BCUT2D eigenvalue weighted by molar-refractivity contribution is 6.05. The summed E-state index contributed by atoms with van der Waals surface area (Å²) in [5.41, 5.74) is 3.17. The van der Waals surface area contributed by atoms with Crippen LogP contribution in [-0.4, -0.2) is 36.0 Å². The SMILES string of the molecule is COc1ccc(-c2nc3cc(NC(=O)c4ccc(N5CCCC5)c([N+](=O)[O-])c4)ccc3o2)cc1. The van der Waals surface area contributed by atoms with E-state index in [4.69, 9.17) is 9.15 Å². The molecule has 1 aromatic heterocycles. The number of hydrogen-bond acceptors (Lipinski definition) is 7. The summed E-state index contributed by atoms with van der Waals surface area (Å²) in [6.45, 7) is 1.56. The molecule has 4 aromatic rings. The first-order valence-corrected chi connectivity index (χ1v) is 10.9. The van der Waals surface area contributed by atoms with E-state index in [-0.39, 0.29) is 11.3 Å². The van der Waals surface area contributed by atoms with Crippen LogP contribution in [0.25, 0.3) is 22.6 Å². The quantitative estimate of drug-likeness (QED) is 0.310. The monoisotopic (exact) mass is 458 g/mol. The lowest BCUT2D eigenvalue weighted by Gasteiger charge is -2.17. The number of hydrogen-bond donors (Lipinski definition) is 1. The highest BCUT2D eigenvalue weighted by atomic mass is 16.6. The first-order valence-electron chi connectivity index (χ1n) is 10.9. The number of carbonyl (C=O) groups is 1. The largest absolute Gasteiger partial charge is 0.497 e. The van der Waals surface area contributed by atoms with Crippen molar-refractivity contribution in [1.29, 1.82) is 0 Å². The summed E-state index contributed by atoms with van der Waals surface area (Å²) >= 11 is 0. The van der Waals surface area contributed by atoms with E-state index in [1.54, 1.807) is 37.4 Å². The van der Waals surface area contributed by atoms with Gasteiger partial charge in [0, 0.05) is 36.0 Å². The molecule has 9 nitrogen and oxygen atoms in total. The van der Waals surface area contributed by atoms with Gasteiger partial charge < -0.3 is 19.4 Å². The molecule has 9 heteroatoms. The van der Waals surface area contributed by atoms with E-state index in [1.165, 1.54) is 6.07 Å². The molecule has 3 aromatic carbocycles. The number of aromatic nitrogens is 1. The highest BCUT2D eigenvalue weighted by Crippen LogP contribution is 2.32. The number of amides is 1. The van der Waals surface area contributed by atoms with Gasteiger partial charge in [0.1, 0.15) is 17.0 Å². The Bertz CT molecular complexity index is 1370. The summed E-state index contributed by atoms with van der Waals surface area (Å²) < 4.78 is 11.0. The minimum atomic E-state index is -0.438. The molecule has 5 rings (SSSR count). The number of nitrogens with zero attached hydrogens (tertiary/aromatic N) is 3. The minimum Gasteiger partial charge on any atom is -0.497 e. The van der Waals surface area contributed by atoms with E-state index < -0.39 is 10.8 Å². The second-order valence-electron chi connectivity index (χ2n) is 8.04. The minimum absolute atomic E-state index is 0.0642. The number of ether oxygens (including phenoxy) is 1. The van der Waals surface area contributed by atoms with Crippen LogP contribution >= 0.6 is 0 Å². The number of oxazole rings is 1. The number of nitro benzene ring substituents is 1. The van der Waals surface area contributed by atoms with Crippen LogP contribution in [0.5, 0.6) is 5.75 Å². The Hall–Kier alpha value is -4.40. The average molecular weight is 458 g/mol. The van der Waals surface area contributed by atoms with Gasteiger partial charge in [0.15, 0.2) is 5.58 Å². The summed E-state index contributed by atoms with van der Waals surface area (Å²) in [6, 6.07) is 17.1. The molecule has 0 spiro atoms. The van der Waals surface area contributed by atoms with Crippen molar-refractivity contribution in [3.8, 4) is 17.2 Å². The van der Waals surface area contributed by atoms with E-state index in [0.717, 1.165) is 37.2 Å². The lowest BCUT2D eigenvalue weighted by atomic mass is 10.1. The standard InChI is InChI=1S/C25H22N4O5/c1-33-19-8-4-16(5-9-19)25-27-20-15-18(7-11-23(20)34-25)26-24(30)17-6-10-21(22(14-17)29(31)32)28-12-2-3-13-28/h4-11,14-15H,2-3,12-13H2,1H3,(H,26,30). The highest BCUT2D eigenvalue weighted by Gasteiger charge is 2.24. The van der Waals surface area contributed by atoms with E-state index in [0.29, 0.717) is 28.4 Å². The zero-order chi connectivity index (χ0) is 23.7. The van der Waals surface area contributed by atoms with Crippen molar-refractivity contribution in [3.63, 3.8) is 0 Å². The third-order valence-electron chi connectivity index (χ3n) is 5.86. The third-order valence-corrected chi connectivity index (χ3v) is 5.86. The third kappa shape index (κ3) is 4.15. The maximum absolute atomic E-state index is 12.8. The molecule has 2 heterocycles. The van der Waals surface area contributed by atoms with Crippen molar-refractivity contribution < 1.29 is 18.9 Å². The van der Waals surface area contributed by atoms with Gasteiger partial charge in [-0.1, -0.05) is 0 Å². The lowest BCUT2D eigenvalue weighted by Crippen LogP contribution is -2.19. The zero-order valence-corrected chi connectivity index (χ0v) is 18.5. The number of nitrogens with one attached hydrogen (secondary N) is 1. The molecule has 0 radical (unpaired) electrons. The van der Waals surface area contributed by atoms with Crippen LogP contribution in [0.1, 0.15) is 23.2 Å². The molecule has 1 aliphatic heterocycles. The Balaban J connectivity index is 1.37. The van der Waals surface area contributed by atoms with Crippen LogP contribution in [0.15, 0.2) is 65.1 Å². The van der Waals surface area contributed by atoms with Gasteiger partial charge in [-0.25, -0.2) is 4.98 Å². The smallest absolute Gasteiger partial charge is 0.293 e. The van der Waals surface area contributed by atoms with Crippen molar-refractivity contribution in [2.45, 2.75) is 12.8 Å². The first-order chi connectivity index (χ1) is 16.5. The zero-order valence-electron chi connectivity index (χ0n) is 18.5. The van der Waals surface area contributed by atoms with Gasteiger partial charge in [-0.05, 0) is 67.4 Å². The van der Waals surface area contributed by atoms with Crippen LogP contribution in [0.4, 0.5) is 17.1 Å². The Labute approximate surface area is 195 Å². The van der Waals surface area contributed by atoms with Crippen LogP contribution in [-0.2, 0) is 0 Å². The van der Waals surface area contributed by atoms with Gasteiger partial charge >= 0.3 is 0 Å². The maximum Gasteiger partial charge on any atom is 0.293 e. The first kappa shape index (κ1) is 21.4. The Morgan fingerprint density at radius 3 is 2.56 bits per heavy atom. The van der Waals surface area contributed by atoms with Crippen molar-refractivity contribution in [2.24, 2.45) is 0 Å². The predicted octanol–water partition coefficient (Wildman–Crippen LogP) is 5.26. The van der Waals surface area contributed by atoms with E-state index in [1.807, 2.05) is 29.2 Å². The number of rotatable bonds is 6. The average Bonchev–Trinajstić information content (AvgIpc) is 3.54. The summed E-state index contributed by atoms with van der Waals surface area (Å²) in [5, 5.41) is 14.4. The number of methoxy groups -OCH3 is 1. The van der Waals surface area contributed by atoms with Gasteiger partial charge in [-0.15, -0.1) is 0 Å². The number of nitro groups is 1. The van der Waals surface area contributed by atoms with Crippen LogP contribution in [0, 0.1) is 10.1 Å². The number of benzene rings is 3. The molecule has 1 saturated heterocycles. The van der Waals surface area contributed by atoms with Crippen molar-refractivity contribution in [3.05, 3.63) is 76.3 Å². The molecule has 0 bridgehead atoms. The molecule has 1 amide bonds. The Morgan fingerprint density at radius 2 is 1.85 bits per heavy atom. The fraction of sp³-hybridized carbons (Fsp3) is 0.200. The molecule has 172 valence electrons. The van der Waals surface area contributed by atoms with Crippen molar-refractivity contribution >= 4 is 34.1 Å². The molecule has 34 heavy (non-hydrogen) atoms. The molecule has 0 aliphatic carbocycles. The normalized spacial score (nSPS) is 13.3. The van der Waals surface area contributed by atoms with Crippen LogP contribution in [0.3, 0.4) is 0 Å². The predicted molar refractivity (Wildman–Crippen MR) is 128 cm³/mol. The van der Waals surface area contributed by atoms with Crippen molar-refractivity contribution in [1.82, 2.24) is 4.98 Å². The van der Waals surface area contributed by atoms with Gasteiger partial charge in [0.05, 0.1) is 12.0 Å². The van der Waals surface area contributed by atoms with Gasteiger partial charge in [-0.3, -0.25) is 14.9 Å². The van der Waals surface area contributed by atoms with Crippen LogP contribution < -0.4 is 15.0 Å². The molecule has 1 fully saturated rings. The lowest BCUT2D eigenvalue weighted by molar-refractivity contribution is -0.384. The Kier molecular flexibility index (Phi) is 5.59. The molecular weight excluding hydrogens is 436 g/mol. The maximum atomic E-state index is 12.8. The van der Waals surface area contributed by atoms with Gasteiger partial charge in [0.2, 0.25) is 5.89 Å². The fourth-order valence-corrected chi connectivity index (χ4v) is 4.10. The molecule has 1 aliphatic rings. The topological polar surface area (TPSA) is 111 Å². The fourth-order valence-electron chi connectivity index (χ4n) is 4.10. The number of fused-ring (bicyclic) bond motifs is 1. The summed E-state index contributed by atoms with van der Waals surface area (Å²) in [4.78, 5) is 30.5. The second kappa shape index (κ2) is 8.86. The Morgan fingerprint density at radius 1 is 1.09 bits per heavy atom. The second-order valence-corrected chi connectivity index (χ2v) is 8.04. The van der Waals surface area contributed by atoms with Crippen LogP contribution in [0.2, 0.25) is 0 Å². The number of anilines is 2. The number of carbonyl (C=O) groups excluding carboxylic acids is 1. The summed E-state index contributed by atoms with van der Waals surface area (Å²) in [7, 11) is 1.60. The molecule has 0 atom stereocenters. The van der Waals surface area contributed by atoms with E-state index >= 15 is 0 Å².